The first-order valence-corrected chi connectivity index (χ1v) is 5.15. The number of nitrogens with one attached hydrogen (secondary N) is 1. The predicted molar refractivity (Wildman–Crippen MR) is 58.2 cm³/mol. The van der Waals surface area contributed by atoms with Crippen molar-refractivity contribution >= 4 is 12.2 Å². The van der Waals surface area contributed by atoms with E-state index in [4.69, 9.17) is 26.8 Å². The van der Waals surface area contributed by atoms with Crippen molar-refractivity contribution in [3.63, 3.8) is 0 Å². The summed E-state index contributed by atoms with van der Waals surface area (Å²) in [5.41, 5.74) is 0.773. The highest BCUT2D eigenvalue weighted by atomic mass is 32.1. The monoisotopic (exact) mass is 232 g/mol. The van der Waals surface area contributed by atoms with Crippen molar-refractivity contribution in [2.45, 2.75) is 13.2 Å². The minimum absolute atomic E-state index is 0.0226. The second kappa shape index (κ2) is 6.73. The summed E-state index contributed by atoms with van der Waals surface area (Å²) in [5, 5.41) is 9.02. The zero-order valence-electron chi connectivity index (χ0n) is 8.73. The van der Waals surface area contributed by atoms with E-state index < -0.39 is 0 Å². The molecule has 2 N–H and O–H groups in total. The number of ether oxygens (including phenoxy) is 2. The second-order valence-electron chi connectivity index (χ2n) is 3.00. The largest absolute Gasteiger partial charge is 0.390 e. The number of aliphatic hydroxyl groups excluding tert-OH is 1. The van der Waals surface area contributed by atoms with E-state index in [9.17, 15) is 0 Å². The highest BCUT2D eigenvalue weighted by Gasteiger charge is 2.01. The molecule has 1 heterocycles. The minimum Gasteiger partial charge on any atom is -0.390 e. The van der Waals surface area contributed by atoms with E-state index >= 15 is 0 Å². The number of aliphatic hydroxyl groups is 1. The lowest BCUT2D eigenvalue weighted by Crippen LogP contribution is -2.11. The molecule has 0 aromatic carbocycles. The smallest absolute Gasteiger partial charge is 0.177 e. The molecule has 1 aromatic heterocycles. The molecule has 86 valence electrons. The lowest BCUT2D eigenvalue weighted by molar-refractivity contribution is 0.0658. The standard InChI is InChI=1S/C9H16N2O3S/c1-13-4-5-14-3-2-11-8(7-12)6-10-9(11)15/h6,12H,2-5,7H2,1H3,(H,10,15). The van der Waals surface area contributed by atoms with Crippen molar-refractivity contribution < 1.29 is 14.6 Å². The van der Waals surface area contributed by atoms with Gasteiger partial charge in [0.05, 0.1) is 32.1 Å². The van der Waals surface area contributed by atoms with Crippen LogP contribution in [0.1, 0.15) is 5.69 Å². The van der Waals surface area contributed by atoms with Crippen molar-refractivity contribution in [3.8, 4) is 0 Å². The summed E-state index contributed by atoms with van der Waals surface area (Å²) in [4.78, 5) is 2.88. The number of hydrogen-bond acceptors (Lipinski definition) is 4. The van der Waals surface area contributed by atoms with Crippen LogP contribution in [0.3, 0.4) is 0 Å². The summed E-state index contributed by atoms with van der Waals surface area (Å²) in [6.07, 6.45) is 1.71. The van der Waals surface area contributed by atoms with Gasteiger partial charge < -0.3 is 24.1 Å². The molecule has 1 aromatic rings. The van der Waals surface area contributed by atoms with Crippen molar-refractivity contribution in [2.75, 3.05) is 26.9 Å². The fraction of sp³-hybridized carbons (Fsp3) is 0.667. The molecule has 0 spiro atoms. The van der Waals surface area contributed by atoms with Gasteiger partial charge in [0.25, 0.3) is 0 Å². The molecule has 0 amide bonds. The predicted octanol–water partition coefficient (Wildman–Crippen LogP) is 0.701. The number of methoxy groups -OCH3 is 1. The molecule has 5 nitrogen and oxygen atoms in total. The first-order chi connectivity index (χ1) is 7.29. The Balaban J connectivity index is 2.36. The zero-order chi connectivity index (χ0) is 11.1. The Labute approximate surface area is 93.6 Å². The summed E-state index contributed by atoms with van der Waals surface area (Å²) < 4.78 is 12.6. The Morgan fingerprint density at radius 1 is 1.47 bits per heavy atom. The van der Waals surface area contributed by atoms with Crippen LogP contribution in [-0.2, 0) is 22.6 Å². The maximum Gasteiger partial charge on any atom is 0.177 e. The normalized spacial score (nSPS) is 10.8. The molecule has 0 radical (unpaired) electrons. The summed E-state index contributed by atoms with van der Waals surface area (Å²) in [6.45, 7) is 2.34. The van der Waals surface area contributed by atoms with Gasteiger partial charge in [-0.05, 0) is 12.2 Å². The van der Waals surface area contributed by atoms with Crippen LogP contribution in [0.4, 0.5) is 0 Å². The molecule has 0 aliphatic heterocycles. The Morgan fingerprint density at radius 2 is 2.27 bits per heavy atom. The first kappa shape index (κ1) is 12.4. The van der Waals surface area contributed by atoms with E-state index in [2.05, 4.69) is 4.98 Å². The molecule has 6 heteroatoms. The van der Waals surface area contributed by atoms with Gasteiger partial charge in [-0.3, -0.25) is 0 Å². The first-order valence-electron chi connectivity index (χ1n) is 4.74. The molecule has 0 unspecified atom stereocenters. The van der Waals surface area contributed by atoms with E-state index in [-0.39, 0.29) is 6.61 Å². The number of hydrogen-bond donors (Lipinski definition) is 2. The van der Waals surface area contributed by atoms with Crippen LogP contribution < -0.4 is 0 Å². The molecule has 0 fully saturated rings. The van der Waals surface area contributed by atoms with E-state index in [0.717, 1.165) is 5.69 Å². The van der Waals surface area contributed by atoms with Gasteiger partial charge in [0.15, 0.2) is 4.77 Å². The quantitative estimate of drug-likeness (QED) is 0.537. The zero-order valence-corrected chi connectivity index (χ0v) is 9.55. The summed E-state index contributed by atoms with van der Waals surface area (Å²) in [5.74, 6) is 0. The lowest BCUT2D eigenvalue weighted by atomic mass is 10.5. The number of aromatic amines is 1. The highest BCUT2D eigenvalue weighted by Crippen LogP contribution is 2.01. The molecule has 0 saturated carbocycles. The van der Waals surface area contributed by atoms with Gasteiger partial charge in [-0.2, -0.15) is 0 Å². The Kier molecular flexibility index (Phi) is 5.56. The topological polar surface area (TPSA) is 59.4 Å². The third kappa shape index (κ3) is 3.75. The van der Waals surface area contributed by atoms with Crippen LogP contribution >= 0.6 is 12.2 Å². The number of aromatic nitrogens is 2. The molecule has 0 aliphatic rings. The van der Waals surface area contributed by atoms with Gasteiger partial charge in [-0.25, -0.2) is 0 Å². The lowest BCUT2D eigenvalue weighted by Gasteiger charge is -2.07. The fourth-order valence-corrected chi connectivity index (χ4v) is 1.48. The summed E-state index contributed by atoms with van der Waals surface area (Å²) in [6, 6.07) is 0. The molecule has 0 bridgehead atoms. The number of H-pyrrole nitrogens is 1. The highest BCUT2D eigenvalue weighted by molar-refractivity contribution is 7.71. The Bertz CT molecular complexity index is 334. The van der Waals surface area contributed by atoms with Crippen molar-refractivity contribution in [1.29, 1.82) is 0 Å². The van der Waals surface area contributed by atoms with Gasteiger partial charge >= 0.3 is 0 Å². The molecular formula is C9H16N2O3S. The summed E-state index contributed by atoms with van der Waals surface area (Å²) in [7, 11) is 1.63. The van der Waals surface area contributed by atoms with Crippen LogP contribution in [0.15, 0.2) is 6.20 Å². The number of imidazole rings is 1. The van der Waals surface area contributed by atoms with Crippen LogP contribution in [0.5, 0.6) is 0 Å². The maximum atomic E-state index is 9.02. The van der Waals surface area contributed by atoms with Crippen LogP contribution in [-0.4, -0.2) is 41.6 Å². The molecule has 0 atom stereocenters. The van der Waals surface area contributed by atoms with Crippen molar-refractivity contribution in [2.24, 2.45) is 0 Å². The van der Waals surface area contributed by atoms with Gasteiger partial charge in [0.1, 0.15) is 0 Å². The van der Waals surface area contributed by atoms with E-state index in [0.29, 0.717) is 31.1 Å². The van der Waals surface area contributed by atoms with Gasteiger partial charge in [-0.1, -0.05) is 0 Å². The van der Waals surface area contributed by atoms with E-state index in [1.165, 1.54) is 0 Å². The van der Waals surface area contributed by atoms with Gasteiger partial charge in [0, 0.05) is 19.9 Å². The number of nitrogens with zero attached hydrogens (tertiary/aromatic N) is 1. The summed E-state index contributed by atoms with van der Waals surface area (Å²) >= 11 is 5.06. The Hall–Kier alpha value is -0.690. The minimum atomic E-state index is -0.0226. The maximum absolute atomic E-state index is 9.02. The third-order valence-electron chi connectivity index (χ3n) is 2.01. The fourth-order valence-electron chi connectivity index (χ4n) is 1.21. The van der Waals surface area contributed by atoms with Crippen LogP contribution in [0, 0.1) is 4.77 Å². The molecular weight excluding hydrogens is 216 g/mol. The van der Waals surface area contributed by atoms with E-state index in [1.54, 1.807) is 13.3 Å². The van der Waals surface area contributed by atoms with Crippen LogP contribution in [0.25, 0.3) is 0 Å². The van der Waals surface area contributed by atoms with Crippen molar-refractivity contribution in [1.82, 2.24) is 9.55 Å². The third-order valence-corrected chi connectivity index (χ3v) is 2.35. The molecule has 0 saturated heterocycles. The average Bonchev–Trinajstić information content (AvgIpc) is 2.60. The van der Waals surface area contributed by atoms with Gasteiger partial charge in [0.2, 0.25) is 0 Å². The van der Waals surface area contributed by atoms with Gasteiger partial charge in [-0.15, -0.1) is 0 Å². The molecule has 15 heavy (non-hydrogen) atoms. The van der Waals surface area contributed by atoms with E-state index in [1.807, 2.05) is 4.57 Å². The molecule has 1 rings (SSSR count). The number of rotatable bonds is 7. The SMILES string of the molecule is COCCOCCn1c(CO)c[nH]c1=S. The van der Waals surface area contributed by atoms with Crippen LogP contribution in [0.2, 0.25) is 0 Å². The Morgan fingerprint density at radius 3 is 2.93 bits per heavy atom. The second-order valence-corrected chi connectivity index (χ2v) is 3.39. The molecule has 0 aliphatic carbocycles. The van der Waals surface area contributed by atoms with Crippen molar-refractivity contribution in [3.05, 3.63) is 16.7 Å². The average molecular weight is 232 g/mol.